The van der Waals surface area contributed by atoms with Gasteiger partial charge in [0.15, 0.2) is 0 Å². The molecule has 0 aliphatic carbocycles. The summed E-state index contributed by atoms with van der Waals surface area (Å²) in [4.78, 5) is 177. The van der Waals surface area contributed by atoms with Crippen molar-refractivity contribution in [2.45, 2.75) is 128 Å². The van der Waals surface area contributed by atoms with Gasteiger partial charge in [-0.25, -0.2) is 19.2 Å². The quantitative estimate of drug-likeness (QED) is 0.0353. The van der Waals surface area contributed by atoms with Crippen LogP contribution in [0.15, 0.2) is 0 Å². The van der Waals surface area contributed by atoms with Crippen molar-refractivity contribution >= 4 is 77.3 Å². The minimum absolute atomic E-state index is 0.00615. The zero-order chi connectivity index (χ0) is 56.5. The molecule has 0 bridgehead atoms. The van der Waals surface area contributed by atoms with E-state index in [-0.39, 0.29) is 206 Å². The molecule has 0 N–H and O–H groups in total. The highest BCUT2D eigenvalue weighted by Gasteiger charge is 2.35. The molecular weight excluding hydrogens is 1040 g/mol. The van der Waals surface area contributed by atoms with Gasteiger partial charge in [-0.15, -0.1) is 5.06 Å². The van der Waals surface area contributed by atoms with Crippen molar-refractivity contribution in [1.82, 2.24) is 20.3 Å². The Labute approximate surface area is 449 Å². The number of carbonyl (C=O) groups is 13. The van der Waals surface area contributed by atoms with Crippen molar-refractivity contribution in [2.75, 3.05) is 98.9 Å². The van der Waals surface area contributed by atoms with Crippen LogP contribution in [0, 0.1) is 5.41 Å². The summed E-state index contributed by atoms with van der Waals surface area (Å²) in [5, 5.41) is 3.41. The topological polar surface area (TPSA) is 346 Å². The van der Waals surface area contributed by atoms with Crippen molar-refractivity contribution in [1.29, 1.82) is 0 Å². The highest BCUT2D eigenvalue weighted by atomic mass is 16.7. The Morgan fingerprint density at radius 2 is 0.577 bits per heavy atom. The monoisotopic (exact) mass is 1110 g/mol. The van der Waals surface area contributed by atoms with E-state index in [4.69, 9.17) is 57.2 Å². The first kappa shape index (κ1) is 63.7. The van der Waals surface area contributed by atoms with E-state index in [2.05, 4.69) is 0 Å². The largest absolute Gasteiger partial charge is 0.463 e. The second kappa shape index (κ2) is 35.5. The fourth-order valence-electron chi connectivity index (χ4n) is 7.53. The molecule has 78 heavy (non-hydrogen) atoms. The second-order valence-corrected chi connectivity index (χ2v) is 18.2. The van der Waals surface area contributed by atoms with Crippen LogP contribution in [0.4, 0.5) is 0 Å². The molecule has 4 fully saturated rings. The van der Waals surface area contributed by atoms with Gasteiger partial charge in [-0.05, 0) is 44.9 Å². The predicted molar refractivity (Wildman–Crippen MR) is 253 cm³/mol. The molecule has 0 aromatic rings. The van der Waals surface area contributed by atoms with E-state index in [9.17, 15) is 62.3 Å². The average molecular weight is 1120 g/mol. The second-order valence-electron chi connectivity index (χ2n) is 18.2. The molecule has 4 aliphatic rings. The molecule has 4 aliphatic heterocycles. The summed E-state index contributed by atoms with van der Waals surface area (Å²) in [5.74, 6) is -7.59. The minimum Gasteiger partial charge on any atom is -0.463 e. The first-order valence-corrected chi connectivity index (χ1v) is 26.1. The minimum atomic E-state index is -1.19. The summed E-state index contributed by atoms with van der Waals surface area (Å²) in [5.41, 5.74) is -1.19. The van der Waals surface area contributed by atoms with Crippen molar-refractivity contribution in [2.24, 2.45) is 5.41 Å². The van der Waals surface area contributed by atoms with Crippen LogP contribution >= 0.6 is 0 Å². The van der Waals surface area contributed by atoms with Crippen LogP contribution in [-0.2, 0) is 120 Å². The van der Waals surface area contributed by atoms with Gasteiger partial charge in [0.1, 0.15) is 26.4 Å². The van der Waals surface area contributed by atoms with Gasteiger partial charge in [-0.2, -0.15) is 15.2 Å². The van der Waals surface area contributed by atoms with E-state index in [0.29, 0.717) is 44.0 Å². The van der Waals surface area contributed by atoms with Crippen LogP contribution in [0.2, 0.25) is 0 Å². The molecule has 5 amide bonds. The van der Waals surface area contributed by atoms with Crippen molar-refractivity contribution in [3.8, 4) is 0 Å². The van der Waals surface area contributed by atoms with Crippen LogP contribution in [0.25, 0.3) is 0 Å². The van der Waals surface area contributed by atoms with Gasteiger partial charge in [0.2, 0.25) is 0 Å². The van der Waals surface area contributed by atoms with Crippen LogP contribution < -0.4 is 0 Å². The number of imide groups is 1. The van der Waals surface area contributed by atoms with Gasteiger partial charge in [0.05, 0.1) is 77.9 Å². The number of hydroxylamine groups is 8. The Morgan fingerprint density at radius 3 is 0.833 bits per heavy atom. The number of hydrogen-bond donors (Lipinski definition) is 0. The maximum absolute atomic E-state index is 12.5. The molecule has 4 saturated heterocycles. The Kier molecular flexibility index (Phi) is 29.0. The number of nitrogens with zero attached hydrogens (tertiary/aromatic N) is 4. The van der Waals surface area contributed by atoms with Gasteiger partial charge in [-0.3, -0.25) is 43.2 Å². The molecule has 0 aromatic carbocycles. The molecule has 4 rings (SSSR count). The third-order valence-electron chi connectivity index (χ3n) is 11.6. The lowest BCUT2D eigenvalue weighted by atomic mass is 9.92. The summed E-state index contributed by atoms with van der Waals surface area (Å²) in [6.07, 6.45) is 1.50. The fraction of sp³-hybridized carbons (Fsp3) is 0.735. The zero-order valence-electron chi connectivity index (χ0n) is 43.7. The summed E-state index contributed by atoms with van der Waals surface area (Å²) in [6.45, 7) is -1.22. The summed E-state index contributed by atoms with van der Waals surface area (Å²) in [6, 6.07) is 0. The number of ether oxygens (including phenoxy) is 8. The first-order valence-electron chi connectivity index (χ1n) is 26.1. The molecule has 0 saturated carbocycles. The summed E-state index contributed by atoms with van der Waals surface area (Å²) >= 11 is 0. The number of rotatable bonds is 40. The lowest BCUT2D eigenvalue weighted by molar-refractivity contribution is -0.197. The SMILES string of the molecule is O=C(CCCC(=O)ON1CCCC1=O)OCCOCC(COCCOC(=O)CCCC(=O)ON1CCCC1=O)(COCCOC(=O)CCCC(=O)ON1CCCC1=O)COCCOC(=O)CCCC(=O)ON1C(=O)CCC1=O. The van der Waals surface area contributed by atoms with Crippen LogP contribution in [0.3, 0.4) is 0 Å². The average Bonchev–Trinajstić information content (AvgIpc) is 4.19. The standard InChI is InChI=1S/C49H70N4O25/c54-36-8-5-21-50(36)75-45(63)15-1-11-41(59)71-28-24-67-32-49(33-68-25-29-72-42(60)12-2-16-46(64)76-51-22-6-9-37(51)55,34-69-26-30-73-43(61)13-3-17-47(65)77-52-23-7-10-38(52)56)35-70-27-31-74-44(62)14-4-18-48(66)78-53-39(57)19-20-40(53)58/h1-35H2. The lowest BCUT2D eigenvalue weighted by Gasteiger charge is -2.33. The van der Waals surface area contributed by atoms with Crippen molar-refractivity contribution in [3.05, 3.63) is 0 Å². The molecule has 0 unspecified atom stereocenters. The van der Waals surface area contributed by atoms with Gasteiger partial charge in [-0.1, -0.05) is 0 Å². The number of esters is 4. The van der Waals surface area contributed by atoms with E-state index in [0.717, 1.165) is 15.2 Å². The molecule has 29 heteroatoms. The smallest absolute Gasteiger partial charge is 0.333 e. The fourth-order valence-corrected chi connectivity index (χ4v) is 7.53. The Balaban J connectivity index is 1.27. The predicted octanol–water partition coefficient (Wildman–Crippen LogP) is 0.742. The maximum Gasteiger partial charge on any atom is 0.333 e. The summed E-state index contributed by atoms with van der Waals surface area (Å²) in [7, 11) is 0. The molecule has 0 aromatic heterocycles. The van der Waals surface area contributed by atoms with E-state index in [1.165, 1.54) is 0 Å². The Hall–Kier alpha value is -6.85. The number of carbonyl (C=O) groups excluding carboxylic acids is 13. The molecule has 0 spiro atoms. The van der Waals surface area contributed by atoms with Gasteiger partial charge >= 0.3 is 47.8 Å². The molecular formula is C49H70N4O25. The molecule has 4 heterocycles. The van der Waals surface area contributed by atoms with E-state index < -0.39 is 65.0 Å². The lowest BCUT2D eigenvalue weighted by Crippen LogP contribution is -2.43. The molecule has 29 nitrogen and oxygen atoms in total. The van der Waals surface area contributed by atoms with Gasteiger partial charge in [0, 0.05) is 83.5 Å². The highest BCUT2D eigenvalue weighted by Crippen LogP contribution is 2.22. The van der Waals surface area contributed by atoms with Crippen molar-refractivity contribution in [3.63, 3.8) is 0 Å². The normalized spacial score (nSPS) is 15.5. The van der Waals surface area contributed by atoms with Crippen molar-refractivity contribution < 1.29 is 120 Å². The van der Waals surface area contributed by atoms with Gasteiger partial charge in [0.25, 0.3) is 29.5 Å². The molecule has 436 valence electrons. The van der Waals surface area contributed by atoms with Crippen LogP contribution in [0.5, 0.6) is 0 Å². The van der Waals surface area contributed by atoms with E-state index >= 15 is 0 Å². The molecule has 0 radical (unpaired) electrons. The third-order valence-corrected chi connectivity index (χ3v) is 11.6. The first-order chi connectivity index (χ1) is 37.5. The summed E-state index contributed by atoms with van der Waals surface area (Å²) < 4.78 is 44.7. The van der Waals surface area contributed by atoms with Crippen LogP contribution in [-0.4, -0.2) is 196 Å². The van der Waals surface area contributed by atoms with Crippen LogP contribution in [0.1, 0.15) is 128 Å². The number of amides is 5. The zero-order valence-corrected chi connectivity index (χ0v) is 43.7. The third kappa shape index (κ3) is 25.5. The number of hydrogen-bond acceptors (Lipinski definition) is 25. The Morgan fingerprint density at radius 1 is 0.321 bits per heavy atom. The Bertz CT molecular complexity index is 1900. The maximum atomic E-state index is 12.5. The van der Waals surface area contributed by atoms with E-state index in [1.54, 1.807) is 0 Å². The van der Waals surface area contributed by atoms with E-state index in [1.807, 2.05) is 0 Å². The van der Waals surface area contributed by atoms with Gasteiger partial charge < -0.3 is 57.2 Å². The highest BCUT2D eigenvalue weighted by molar-refractivity contribution is 6.01. The molecule has 0 atom stereocenters.